The number of hydrogen-bond acceptors (Lipinski definition) is 6. The number of fused-ring (bicyclic) bond motifs is 2. The van der Waals surface area contributed by atoms with Gasteiger partial charge in [0.05, 0.1) is 11.5 Å². The van der Waals surface area contributed by atoms with Crippen molar-refractivity contribution in [1.29, 1.82) is 0 Å². The van der Waals surface area contributed by atoms with E-state index < -0.39 is 5.41 Å². The normalized spacial score (nSPS) is 29.7. The summed E-state index contributed by atoms with van der Waals surface area (Å²) in [5, 5.41) is 9.62. The number of phenols is 1. The Morgan fingerprint density at radius 1 is 1.18 bits per heavy atom. The number of methoxy groups -OCH3 is 1. The van der Waals surface area contributed by atoms with Crippen LogP contribution in [0.3, 0.4) is 0 Å². The molecule has 1 spiro atoms. The molecule has 6 rings (SSSR count). The molecule has 4 aliphatic rings. The molecule has 1 amide bonds. The summed E-state index contributed by atoms with van der Waals surface area (Å²) in [6, 6.07) is 11.2. The van der Waals surface area contributed by atoms with Crippen LogP contribution in [-0.4, -0.2) is 66.5 Å². The molecule has 0 aromatic heterocycles. The van der Waals surface area contributed by atoms with Gasteiger partial charge in [-0.2, -0.15) is 0 Å². The minimum Gasteiger partial charge on any atom is -0.508 e. The number of phenolic OH excluding ortho intramolecular Hbond substituents is 1. The van der Waals surface area contributed by atoms with Gasteiger partial charge in [0.2, 0.25) is 12.7 Å². The average molecular weight is 449 g/mol. The van der Waals surface area contributed by atoms with Crippen LogP contribution in [0.15, 0.2) is 48.6 Å². The van der Waals surface area contributed by atoms with Gasteiger partial charge in [0.25, 0.3) is 0 Å². The van der Waals surface area contributed by atoms with Crippen molar-refractivity contribution < 1.29 is 24.1 Å². The first-order valence-corrected chi connectivity index (χ1v) is 11.4. The maximum Gasteiger partial charge on any atom is 0.241 e. The van der Waals surface area contributed by atoms with Crippen LogP contribution in [0.2, 0.25) is 0 Å². The number of amides is 1. The van der Waals surface area contributed by atoms with Gasteiger partial charge in [0.15, 0.2) is 11.5 Å². The largest absolute Gasteiger partial charge is 0.508 e. The lowest BCUT2D eigenvalue weighted by Crippen LogP contribution is -2.58. The van der Waals surface area contributed by atoms with Gasteiger partial charge in [-0.25, -0.2) is 0 Å². The summed E-state index contributed by atoms with van der Waals surface area (Å²) in [5.74, 6) is 1.93. The molecule has 1 saturated heterocycles. The van der Waals surface area contributed by atoms with Crippen LogP contribution in [0.25, 0.3) is 0 Å². The van der Waals surface area contributed by atoms with E-state index in [4.69, 9.17) is 14.2 Å². The Labute approximate surface area is 193 Å². The van der Waals surface area contributed by atoms with Gasteiger partial charge >= 0.3 is 0 Å². The molecule has 1 N–H and O–H groups in total. The fraction of sp³-hybridized carbons (Fsp3) is 0.423. The Morgan fingerprint density at radius 3 is 2.70 bits per heavy atom. The Morgan fingerprint density at radius 2 is 1.94 bits per heavy atom. The van der Waals surface area contributed by atoms with Crippen molar-refractivity contribution in [2.24, 2.45) is 0 Å². The van der Waals surface area contributed by atoms with Crippen molar-refractivity contribution >= 4 is 5.91 Å². The fourth-order valence-corrected chi connectivity index (χ4v) is 6.20. The second-order valence-electron chi connectivity index (χ2n) is 9.42. The number of carbonyl (C=O) groups excluding carboxylic acids is 1. The number of nitrogens with zero attached hydrogens (tertiary/aromatic N) is 2. The van der Waals surface area contributed by atoms with Crippen molar-refractivity contribution in [2.45, 2.75) is 43.0 Å². The van der Waals surface area contributed by atoms with Crippen LogP contribution in [0.5, 0.6) is 17.2 Å². The van der Waals surface area contributed by atoms with Gasteiger partial charge in [0, 0.05) is 33.3 Å². The quantitative estimate of drug-likeness (QED) is 0.725. The van der Waals surface area contributed by atoms with Gasteiger partial charge in [0.1, 0.15) is 11.8 Å². The summed E-state index contributed by atoms with van der Waals surface area (Å²) < 4.78 is 17.1. The lowest BCUT2D eigenvalue weighted by molar-refractivity contribution is -0.132. The Balaban J connectivity index is 1.45. The molecule has 1 unspecified atom stereocenters. The number of benzene rings is 2. The summed E-state index contributed by atoms with van der Waals surface area (Å²) >= 11 is 0. The van der Waals surface area contributed by atoms with Crippen LogP contribution in [0.4, 0.5) is 0 Å². The molecule has 1 aliphatic carbocycles. The molecule has 0 radical (unpaired) electrons. The maximum absolute atomic E-state index is 13.7. The van der Waals surface area contributed by atoms with E-state index in [0.29, 0.717) is 6.54 Å². The number of carbonyl (C=O) groups is 1. The molecule has 3 aliphatic heterocycles. The SMILES string of the molecule is CO[C@@H]1C=C[C@@]23c4cc5c(cc4CN(CCc4ccc(O)cc4)[C@@H]2C(=O)N(C)C3C1)OCO5. The number of likely N-dealkylation sites (N-methyl/N-ethyl adjacent to an activating group) is 1. The molecule has 0 saturated carbocycles. The summed E-state index contributed by atoms with van der Waals surface area (Å²) in [4.78, 5) is 18.0. The van der Waals surface area contributed by atoms with Crippen LogP contribution < -0.4 is 9.47 Å². The van der Waals surface area contributed by atoms with E-state index in [-0.39, 0.29) is 36.6 Å². The van der Waals surface area contributed by atoms with Crippen LogP contribution in [0, 0.1) is 0 Å². The highest BCUT2D eigenvalue weighted by Gasteiger charge is 2.63. The van der Waals surface area contributed by atoms with Crippen molar-refractivity contribution in [2.75, 3.05) is 27.5 Å². The first-order chi connectivity index (χ1) is 16.0. The average Bonchev–Trinajstić information content (AvgIpc) is 3.38. The maximum atomic E-state index is 13.7. The number of ether oxygens (including phenoxy) is 3. The Bertz CT molecular complexity index is 1130. The van der Waals surface area contributed by atoms with Gasteiger partial charge in [-0.05, 0) is 53.8 Å². The molecule has 0 bridgehead atoms. The van der Waals surface area contributed by atoms with Gasteiger partial charge < -0.3 is 24.2 Å². The van der Waals surface area contributed by atoms with Crippen molar-refractivity contribution in [1.82, 2.24) is 9.80 Å². The van der Waals surface area contributed by atoms with Gasteiger partial charge in [-0.15, -0.1) is 0 Å². The van der Waals surface area contributed by atoms with E-state index in [2.05, 4.69) is 29.2 Å². The monoisotopic (exact) mass is 448 g/mol. The van der Waals surface area contributed by atoms with Crippen molar-refractivity contribution in [3.8, 4) is 17.2 Å². The van der Waals surface area contributed by atoms with Crippen LogP contribution >= 0.6 is 0 Å². The number of aromatic hydroxyl groups is 1. The Kier molecular flexibility index (Phi) is 4.67. The first kappa shape index (κ1) is 20.6. The molecule has 2 aromatic rings. The zero-order valence-electron chi connectivity index (χ0n) is 18.9. The second kappa shape index (κ2) is 7.50. The van der Waals surface area contributed by atoms with E-state index in [1.54, 1.807) is 19.2 Å². The van der Waals surface area contributed by atoms with E-state index in [1.165, 1.54) is 5.56 Å². The second-order valence-corrected chi connectivity index (χ2v) is 9.42. The molecule has 2 aromatic carbocycles. The molecule has 7 nitrogen and oxygen atoms in total. The third kappa shape index (κ3) is 2.99. The van der Waals surface area contributed by atoms with Crippen molar-refractivity contribution in [3.63, 3.8) is 0 Å². The lowest BCUT2D eigenvalue weighted by Gasteiger charge is -2.49. The highest BCUT2D eigenvalue weighted by atomic mass is 16.7. The number of likely N-dealkylation sites (tertiary alicyclic amines) is 1. The van der Waals surface area contributed by atoms with E-state index in [9.17, 15) is 9.90 Å². The highest BCUT2D eigenvalue weighted by Crippen LogP contribution is 2.54. The molecular formula is C26H28N2O5. The third-order valence-corrected chi connectivity index (χ3v) is 7.83. The summed E-state index contributed by atoms with van der Waals surface area (Å²) in [6.45, 7) is 1.63. The molecule has 4 atom stereocenters. The summed E-state index contributed by atoms with van der Waals surface area (Å²) in [5.41, 5.74) is 3.00. The van der Waals surface area contributed by atoms with Crippen LogP contribution in [-0.2, 0) is 27.9 Å². The number of rotatable bonds is 4. The Hall–Kier alpha value is -3.03. The summed E-state index contributed by atoms with van der Waals surface area (Å²) in [6.07, 6.45) is 5.87. The predicted octanol–water partition coefficient (Wildman–Crippen LogP) is 2.60. The third-order valence-electron chi connectivity index (χ3n) is 7.83. The van der Waals surface area contributed by atoms with Crippen LogP contribution in [0.1, 0.15) is 23.1 Å². The van der Waals surface area contributed by atoms with E-state index in [0.717, 1.165) is 42.0 Å². The molecule has 172 valence electrons. The van der Waals surface area contributed by atoms with Crippen molar-refractivity contribution in [3.05, 3.63) is 65.2 Å². The predicted molar refractivity (Wildman–Crippen MR) is 121 cm³/mol. The zero-order valence-corrected chi connectivity index (χ0v) is 18.9. The topological polar surface area (TPSA) is 71.5 Å². The molecule has 7 heteroatoms. The summed E-state index contributed by atoms with van der Waals surface area (Å²) in [7, 11) is 3.64. The number of hydrogen-bond donors (Lipinski definition) is 1. The zero-order chi connectivity index (χ0) is 22.7. The van der Waals surface area contributed by atoms with Gasteiger partial charge in [-0.1, -0.05) is 24.3 Å². The van der Waals surface area contributed by atoms with E-state index in [1.807, 2.05) is 24.1 Å². The lowest BCUT2D eigenvalue weighted by atomic mass is 9.63. The van der Waals surface area contributed by atoms with Gasteiger partial charge in [-0.3, -0.25) is 9.69 Å². The van der Waals surface area contributed by atoms with E-state index >= 15 is 0 Å². The molecule has 3 heterocycles. The molecular weight excluding hydrogens is 420 g/mol. The highest BCUT2D eigenvalue weighted by molar-refractivity contribution is 5.89. The molecule has 1 fully saturated rings. The standard InChI is InChI=1S/C26H28N2O5/c1-27-23-12-19(31-2)7-9-26(23)20-13-22-21(32-15-33-22)11-17(20)14-28(24(26)25(27)30)10-8-16-3-5-18(29)6-4-16/h3-7,9,11,13,19,23-24,29H,8,10,12,14-15H2,1-2H3/t19-,23?,24-,26+/m1/s1. The minimum absolute atomic E-state index is 0.000504. The smallest absolute Gasteiger partial charge is 0.241 e. The minimum atomic E-state index is -0.468. The fourth-order valence-electron chi connectivity index (χ4n) is 6.20. The first-order valence-electron chi connectivity index (χ1n) is 11.4. The molecule has 33 heavy (non-hydrogen) atoms.